The molecule has 144 valence electrons. The maximum absolute atomic E-state index is 12.5. The van der Waals surface area contributed by atoms with Gasteiger partial charge in [0.1, 0.15) is 18.7 Å². The number of amides is 2. The van der Waals surface area contributed by atoms with Crippen molar-refractivity contribution in [2.45, 2.75) is 58.5 Å². The van der Waals surface area contributed by atoms with Gasteiger partial charge in [-0.05, 0) is 20.3 Å². The summed E-state index contributed by atoms with van der Waals surface area (Å²) in [5, 5.41) is 0. The molecule has 0 saturated carbocycles. The van der Waals surface area contributed by atoms with Gasteiger partial charge in [-0.2, -0.15) is 0 Å². The van der Waals surface area contributed by atoms with Crippen molar-refractivity contribution in [2.24, 2.45) is 0 Å². The molecule has 0 bridgehead atoms. The molecule has 0 aliphatic heterocycles. The maximum atomic E-state index is 12.5. The monoisotopic (exact) mass is 356 g/mol. The third-order valence-corrected chi connectivity index (χ3v) is 4.06. The third-order valence-electron chi connectivity index (χ3n) is 4.06. The number of unbranched alkanes of at least 4 members (excludes halogenated alkanes) is 3. The molecule has 7 heteroatoms. The summed E-state index contributed by atoms with van der Waals surface area (Å²) < 4.78 is 10.1. The average Bonchev–Trinajstić information content (AvgIpc) is 2.62. The lowest BCUT2D eigenvalue weighted by Gasteiger charge is -2.30. The van der Waals surface area contributed by atoms with Crippen molar-refractivity contribution in [3.8, 4) is 0 Å². The minimum absolute atomic E-state index is 0.0701. The largest absolute Gasteiger partial charge is 0.464 e. The first-order valence-corrected chi connectivity index (χ1v) is 8.71. The van der Waals surface area contributed by atoms with Crippen LogP contribution in [0, 0.1) is 0 Å². The average molecular weight is 356 g/mol. The molecule has 0 fully saturated rings. The van der Waals surface area contributed by atoms with Gasteiger partial charge in [-0.25, -0.2) is 9.59 Å². The number of carbonyl (C=O) groups excluding carboxylic acids is 3. The van der Waals surface area contributed by atoms with Crippen LogP contribution in [0.25, 0.3) is 0 Å². The van der Waals surface area contributed by atoms with Gasteiger partial charge in [0.15, 0.2) is 0 Å². The van der Waals surface area contributed by atoms with E-state index in [4.69, 9.17) is 9.47 Å². The summed E-state index contributed by atoms with van der Waals surface area (Å²) in [6.07, 6.45) is 4.88. The smallest absolute Gasteiger partial charge is 0.410 e. The highest BCUT2D eigenvalue weighted by Crippen LogP contribution is 2.08. The molecular weight excluding hydrogens is 324 g/mol. The topological polar surface area (TPSA) is 76.2 Å². The second kappa shape index (κ2) is 12.3. The molecule has 0 aliphatic rings. The lowest BCUT2D eigenvalue weighted by Crippen LogP contribution is -2.51. The Kier molecular flexibility index (Phi) is 11.3. The fourth-order valence-electron chi connectivity index (χ4n) is 2.02. The second-order valence-corrected chi connectivity index (χ2v) is 6.01. The minimum Gasteiger partial charge on any atom is -0.464 e. The van der Waals surface area contributed by atoms with E-state index in [-0.39, 0.29) is 12.5 Å². The van der Waals surface area contributed by atoms with Crippen LogP contribution in [-0.2, 0) is 19.1 Å². The van der Waals surface area contributed by atoms with E-state index in [9.17, 15) is 14.4 Å². The zero-order chi connectivity index (χ0) is 19.4. The van der Waals surface area contributed by atoms with Gasteiger partial charge in [-0.1, -0.05) is 38.8 Å². The van der Waals surface area contributed by atoms with Gasteiger partial charge in [0, 0.05) is 14.1 Å². The van der Waals surface area contributed by atoms with Crippen LogP contribution >= 0.6 is 0 Å². The highest BCUT2D eigenvalue weighted by molar-refractivity contribution is 5.89. The molecule has 2 atom stereocenters. The molecule has 0 saturated heterocycles. The zero-order valence-corrected chi connectivity index (χ0v) is 16.1. The van der Waals surface area contributed by atoms with Crippen molar-refractivity contribution >= 4 is 18.0 Å². The van der Waals surface area contributed by atoms with Crippen LogP contribution in [-0.4, -0.2) is 67.2 Å². The van der Waals surface area contributed by atoms with Crippen LogP contribution in [0.1, 0.15) is 46.5 Å². The lowest BCUT2D eigenvalue weighted by atomic mass is 10.2. The number of rotatable bonds is 11. The summed E-state index contributed by atoms with van der Waals surface area (Å²) in [6, 6.07) is -1.49. The summed E-state index contributed by atoms with van der Waals surface area (Å²) in [7, 11) is 2.99. The van der Waals surface area contributed by atoms with Crippen molar-refractivity contribution in [1.82, 2.24) is 9.80 Å². The Bertz CT molecular complexity index is 453. The predicted molar refractivity (Wildman–Crippen MR) is 96.1 cm³/mol. The molecule has 0 radical (unpaired) electrons. The summed E-state index contributed by atoms with van der Waals surface area (Å²) in [5.74, 6) is -0.815. The van der Waals surface area contributed by atoms with Crippen molar-refractivity contribution in [3.63, 3.8) is 0 Å². The van der Waals surface area contributed by atoms with Crippen LogP contribution < -0.4 is 0 Å². The fraction of sp³-hybridized carbons (Fsp3) is 0.722. The Hall–Kier alpha value is -2.05. The SMILES string of the molecule is C=CCOC(=O)N(C)C(C)C(=O)N(C)C(C)C(=O)OCCCCCC. The second-order valence-electron chi connectivity index (χ2n) is 6.01. The number of hydrogen-bond donors (Lipinski definition) is 0. The van der Waals surface area contributed by atoms with Crippen molar-refractivity contribution in [2.75, 3.05) is 27.3 Å². The number of likely N-dealkylation sites (N-methyl/N-ethyl adjacent to an activating group) is 2. The molecule has 0 aromatic rings. The quantitative estimate of drug-likeness (QED) is 0.323. The number of esters is 1. The fourth-order valence-corrected chi connectivity index (χ4v) is 2.02. The van der Waals surface area contributed by atoms with E-state index >= 15 is 0 Å². The van der Waals surface area contributed by atoms with E-state index < -0.39 is 24.1 Å². The molecule has 0 heterocycles. The third kappa shape index (κ3) is 8.05. The summed E-state index contributed by atoms with van der Waals surface area (Å²) in [4.78, 5) is 38.8. The van der Waals surface area contributed by atoms with Crippen LogP contribution in [0.4, 0.5) is 4.79 Å². The number of ether oxygens (including phenoxy) is 2. The van der Waals surface area contributed by atoms with Gasteiger partial charge >= 0.3 is 12.1 Å². The maximum Gasteiger partial charge on any atom is 0.410 e. The molecule has 0 aromatic carbocycles. The van der Waals surface area contributed by atoms with Gasteiger partial charge in [0.05, 0.1) is 6.61 Å². The molecule has 0 spiro atoms. The van der Waals surface area contributed by atoms with Gasteiger partial charge in [0.25, 0.3) is 0 Å². The normalized spacial score (nSPS) is 12.7. The van der Waals surface area contributed by atoms with Gasteiger partial charge < -0.3 is 14.4 Å². The Morgan fingerprint density at radius 3 is 2.20 bits per heavy atom. The van der Waals surface area contributed by atoms with Crippen LogP contribution in [0.3, 0.4) is 0 Å². The van der Waals surface area contributed by atoms with Crippen molar-refractivity contribution < 1.29 is 23.9 Å². The highest BCUT2D eigenvalue weighted by atomic mass is 16.6. The molecular formula is C18H32N2O5. The van der Waals surface area contributed by atoms with Gasteiger partial charge in [-0.3, -0.25) is 9.69 Å². The summed E-state index contributed by atoms with van der Waals surface area (Å²) in [6.45, 7) is 9.18. The number of nitrogens with zero attached hydrogens (tertiary/aromatic N) is 2. The molecule has 0 rings (SSSR count). The van der Waals surface area contributed by atoms with Crippen LogP contribution in [0.5, 0.6) is 0 Å². The Balaban J connectivity index is 4.50. The molecule has 25 heavy (non-hydrogen) atoms. The molecule has 0 aliphatic carbocycles. The summed E-state index contributed by atoms with van der Waals surface area (Å²) in [5.41, 5.74) is 0. The van der Waals surface area contributed by atoms with Crippen LogP contribution in [0.15, 0.2) is 12.7 Å². The van der Waals surface area contributed by atoms with Crippen molar-refractivity contribution in [1.29, 1.82) is 0 Å². The summed E-state index contributed by atoms with van der Waals surface area (Å²) >= 11 is 0. The van der Waals surface area contributed by atoms with E-state index in [1.165, 1.54) is 30.0 Å². The van der Waals surface area contributed by atoms with Gasteiger partial charge in [0.2, 0.25) is 5.91 Å². The Labute approximate surface area is 150 Å². The minimum atomic E-state index is -0.762. The molecule has 7 nitrogen and oxygen atoms in total. The predicted octanol–water partition coefficient (Wildman–Crippen LogP) is 2.60. The zero-order valence-electron chi connectivity index (χ0n) is 16.1. The standard InChI is InChI=1S/C18H32N2O5/c1-7-9-10-11-13-24-17(22)15(4)19(5)16(21)14(3)20(6)18(23)25-12-8-2/h8,14-15H,2,7,9-13H2,1,3-6H3. The molecule has 2 unspecified atom stereocenters. The molecule has 2 amide bonds. The van der Waals surface area contributed by atoms with E-state index in [0.717, 1.165) is 25.7 Å². The number of carbonyl (C=O) groups is 3. The first-order valence-electron chi connectivity index (χ1n) is 8.71. The van der Waals surface area contributed by atoms with E-state index in [0.29, 0.717) is 6.61 Å². The van der Waals surface area contributed by atoms with E-state index in [1.807, 2.05) is 0 Å². The Morgan fingerprint density at radius 2 is 1.64 bits per heavy atom. The highest BCUT2D eigenvalue weighted by Gasteiger charge is 2.31. The lowest BCUT2D eigenvalue weighted by molar-refractivity contribution is -0.154. The molecule has 0 aromatic heterocycles. The van der Waals surface area contributed by atoms with E-state index in [2.05, 4.69) is 13.5 Å². The Morgan fingerprint density at radius 1 is 1.00 bits per heavy atom. The van der Waals surface area contributed by atoms with Crippen molar-refractivity contribution in [3.05, 3.63) is 12.7 Å². The first-order chi connectivity index (χ1) is 11.8. The van der Waals surface area contributed by atoms with Gasteiger partial charge in [-0.15, -0.1) is 0 Å². The van der Waals surface area contributed by atoms with Crippen LogP contribution in [0.2, 0.25) is 0 Å². The number of hydrogen-bond acceptors (Lipinski definition) is 5. The molecule has 0 N–H and O–H groups in total. The van der Waals surface area contributed by atoms with E-state index in [1.54, 1.807) is 13.8 Å². The first kappa shape index (κ1) is 22.9.